The van der Waals surface area contributed by atoms with Gasteiger partial charge in [-0.3, -0.25) is 9.36 Å². The summed E-state index contributed by atoms with van der Waals surface area (Å²) in [6, 6.07) is 33.4. The molecule has 0 unspecified atom stereocenters. The number of ether oxygens (including phenoxy) is 2. The minimum absolute atomic E-state index is 0.203. The average Bonchev–Trinajstić information content (AvgIpc) is 3.35. The van der Waals surface area contributed by atoms with Crippen molar-refractivity contribution in [3.63, 3.8) is 0 Å². The molecular formula is C35H27ClN2O4S. The van der Waals surface area contributed by atoms with Crippen molar-refractivity contribution in [3.05, 3.63) is 162 Å². The van der Waals surface area contributed by atoms with Gasteiger partial charge in [-0.1, -0.05) is 114 Å². The number of aromatic nitrogens is 1. The summed E-state index contributed by atoms with van der Waals surface area (Å²) in [5.74, 6) is 0.190. The number of halogens is 1. The number of thiazole rings is 1. The molecule has 1 aliphatic rings. The fraction of sp³-hybridized carbons (Fsp3) is 0.114. The van der Waals surface area contributed by atoms with E-state index in [1.165, 1.54) is 11.3 Å². The zero-order chi connectivity index (χ0) is 29.8. The van der Waals surface area contributed by atoms with Gasteiger partial charge in [-0.25, -0.2) is 9.79 Å². The SMILES string of the molecule is CCOC(=O)C1=C(c2ccccc2)N=c2s/c(=C\c3ccc(OCc4ccccc4Cl)cc3)c(=O)n2[C@@H]1c1ccccc1. The molecule has 0 fully saturated rings. The summed E-state index contributed by atoms with van der Waals surface area (Å²) in [6.45, 7) is 2.32. The Morgan fingerprint density at radius 2 is 1.60 bits per heavy atom. The van der Waals surface area contributed by atoms with Crippen LogP contribution in [-0.4, -0.2) is 17.1 Å². The molecule has 1 aromatic heterocycles. The highest BCUT2D eigenvalue weighted by molar-refractivity contribution is 7.07. The Morgan fingerprint density at radius 1 is 0.930 bits per heavy atom. The maximum Gasteiger partial charge on any atom is 0.338 e. The highest BCUT2D eigenvalue weighted by atomic mass is 35.5. The highest BCUT2D eigenvalue weighted by Gasteiger charge is 2.35. The Labute approximate surface area is 257 Å². The van der Waals surface area contributed by atoms with E-state index in [2.05, 4.69) is 0 Å². The lowest BCUT2D eigenvalue weighted by Crippen LogP contribution is -2.39. The van der Waals surface area contributed by atoms with Gasteiger partial charge in [0.1, 0.15) is 12.4 Å². The minimum Gasteiger partial charge on any atom is -0.489 e. The van der Waals surface area contributed by atoms with E-state index in [4.69, 9.17) is 26.1 Å². The maximum atomic E-state index is 14.0. The largest absolute Gasteiger partial charge is 0.489 e. The van der Waals surface area contributed by atoms with E-state index in [1.54, 1.807) is 11.5 Å². The maximum absolute atomic E-state index is 14.0. The zero-order valence-corrected chi connectivity index (χ0v) is 24.8. The summed E-state index contributed by atoms with van der Waals surface area (Å²) in [7, 11) is 0. The van der Waals surface area contributed by atoms with Crippen molar-refractivity contribution in [1.29, 1.82) is 0 Å². The number of carbonyl (C=O) groups excluding carboxylic acids is 1. The monoisotopic (exact) mass is 606 g/mol. The van der Waals surface area contributed by atoms with Gasteiger partial charge in [0.15, 0.2) is 4.80 Å². The van der Waals surface area contributed by atoms with Gasteiger partial charge < -0.3 is 9.47 Å². The first-order valence-corrected chi connectivity index (χ1v) is 15.0. The Bertz CT molecular complexity index is 1980. The van der Waals surface area contributed by atoms with Crippen LogP contribution in [0.15, 0.2) is 125 Å². The molecule has 5 aromatic rings. The van der Waals surface area contributed by atoms with Crippen molar-refractivity contribution in [2.45, 2.75) is 19.6 Å². The summed E-state index contributed by atoms with van der Waals surface area (Å²) in [5, 5.41) is 0.657. The summed E-state index contributed by atoms with van der Waals surface area (Å²) in [5.41, 5.74) is 3.90. The van der Waals surface area contributed by atoms with Gasteiger partial charge in [0.25, 0.3) is 5.56 Å². The van der Waals surface area contributed by atoms with Crippen LogP contribution in [0.25, 0.3) is 11.8 Å². The van der Waals surface area contributed by atoms with Crippen molar-refractivity contribution in [3.8, 4) is 5.75 Å². The molecule has 0 saturated carbocycles. The Morgan fingerprint density at radius 3 is 2.30 bits per heavy atom. The molecular weight excluding hydrogens is 580 g/mol. The smallest absolute Gasteiger partial charge is 0.338 e. The molecule has 4 aromatic carbocycles. The van der Waals surface area contributed by atoms with Gasteiger partial charge in [-0.05, 0) is 42.3 Å². The lowest BCUT2D eigenvalue weighted by atomic mass is 9.93. The number of rotatable bonds is 8. The number of nitrogens with zero attached hydrogens (tertiary/aromatic N) is 2. The molecule has 2 heterocycles. The van der Waals surface area contributed by atoms with Gasteiger partial charge in [-0.15, -0.1) is 0 Å². The highest BCUT2D eigenvalue weighted by Crippen LogP contribution is 2.35. The van der Waals surface area contributed by atoms with Gasteiger partial charge in [-0.2, -0.15) is 0 Å². The van der Waals surface area contributed by atoms with Crippen LogP contribution in [0.1, 0.15) is 35.2 Å². The van der Waals surface area contributed by atoms with Crippen LogP contribution in [0.4, 0.5) is 0 Å². The van der Waals surface area contributed by atoms with Crippen LogP contribution in [0, 0.1) is 0 Å². The van der Waals surface area contributed by atoms with E-state index in [-0.39, 0.29) is 12.2 Å². The number of hydrogen-bond donors (Lipinski definition) is 0. The lowest BCUT2D eigenvalue weighted by molar-refractivity contribution is -0.138. The quantitative estimate of drug-likeness (QED) is 0.198. The second kappa shape index (κ2) is 12.7. The molecule has 0 aliphatic carbocycles. The predicted molar refractivity (Wildman–Crippen MR) is 170 cm³/mol. The fourth-order valence-corrected chi connectivity index (χ4v) is 6.17. The van der Waals surface area contributed by atoms with Gasteiger partial charge >= 0.3 is 5.97 Å². The summed E-state index contributed by atoms with van der Waals surface area (Å²) in [4.78, 5) is 32.9. The predicted octanol–water partition coefficient (Wildman–Crippen LogP) is 6.17. The number of esters is 1. The molecule has 6 nitrogen and oxygen atoms in total. The zero-order valence-electron chi connectivity index (χ0n) is 23.3. The van der Waals surface area contributed by atoms with E-state index in [0.717, 1.165) is 22.3 Å². The molecule has 214 valence electrons. The number of benzene rings is 4. The summed E-state index contributed by atoms with van der Waals surface area (Å²) < 4.78 is 13.5. The number of carbonyl (C=O) groups is 1. The molecule has 0 radical (unpaired) electrons. The molecule has 0 saturated heterocycles. The second-order valence-corrected chi connectivity index (χ2v) is 11.2. The van der Waals surface area contributed by atoms with E-state index in [9.17, 15) is 9.59 Å². The van der Waals surface area contributed by atoms with Crippen LogP contribution in [0.2, 0.25) is 5.02 Å². The third kappa shape index (κ3) is 5.95. The Hall–Kier alpha value is -4.72. The van der Waals surface area contributed by atoms with Crippen molar-refractivity contribution >= 4 is 40.7 Å². The second-order valence-electron chi connectivity index (χ2n) is 9.79. The van der Waals surface area contributed by atoms with Crippen molar-refractivity contribution < 1.29 is 14.3 Å². The molecule has 1 atom stereocenters. The van der Waals surface area contributed by atoms with Crippen LogP contribution in [0.3, 0.4) is 0 Å². The average molecular weight is 607 g/mol. The molecule has 0 bridgehead atoms. The van der Waals surface area contributed by atoms with Crippen LogP contribution >= 0.6 is 22.9 Å². The third-order valence-corrected chi connectivity index (χ3v) is 8.37. The first kappa shape index (κ1) is 28.4. The van der Waals surface area contributed by atoms with E-state index >= 15 is 0 Å². The van der Waals surface area contributed by atoms with Crippen molar-refractivity contribution in [2.75, 3.05) is 6.61 Å². The molecule has 0 N–H and O–H groups in total. The van der Waals surface area contributed by atoms with Crippen molar-refractivity contribution in [2.24, 2.45) is 4.99 Å². The molecule has 1 aliphatic heterocycles. The summed E-state index contributed by atoms with van der Waals surface area (Å²) >= 11 is 7.54. The topological polar surface area (TPSA) is 69.9 Å². The van der Waals surface area contributed by atoms with E-state index in [1.807, 2.05) is 115 Å². The van der Waals surface area contributed by atoms with Crippen LogP contribution in [0.5, 0.6) is 5.75 Å². The molecule has 0 spiro atoms. The Kier molecular flexibility index (Phi) is 8.36. The minimum atomic E-state index is -0.700. The van der Waals surface area contributed by atoms with Crippen LogP contribution in [-0.2, 0) is 16.1 Å². The number of hydrogen-bond acceptors (Lipinski definition) is 6. The molecule has 0 amide bonds. The normalized spacial score (nSPS) is 14.7. The molecule has 8 heteroatoms. The number of fused-ring (bicyclic) bond motifs is 1. The van der Waals surface area contributed by atoms with Crippen molar-refractivity contribution in [1.82, 2.24) is 4.57 Å². The fourth-order valence-electron chi connectivity index (χ4n) is 4.98. The van der Waals surface area contributed by atoms with Crippen LogP contribution < -0.4 is 19.6 Å². The van der Waals surface area contributed by atoms with Gasteiger partial charge in [0.05, 0.1) is 28.5 Å². The molecule has 6 rings (SSSR count). The van der Waals surface area contributed by atoms with Gasteiger partial charge in [0, 0.05) is 16.1 Å². The standard InChI is InChI=1S/C35H27ClN2O4S/c1-2-41-34(40)30-31(24-11-5-3-6-12-24)37-35-38(32(30)25-13-7-4-8-14-25)33(39)29(43-35)21-23-17-19-27(20-18-23)42-22-26-15-9-10-16-28(26)36/h3-21,32H,2,22H2,1H3/b29-21-/t32-/m1/s1. The van der Waals surface area contributed by atoms with Gasteiger partial charge in [0.2, 0.25) is 0 Å². The van der Waals surface area contributed by atoms with E-state index < -0.39 is 12.0 Å². The third-order valence-electron chi connectivity index (χ3n) is 7.02. The lowest BCUT2D eigenvalue weighted by Gasteiger charge is -2.25. The van der Waals surface area contributed by atoms with E-state index in [0.29, 0.717) is 38.0 Å². The first-order valence-electron chi connectivity index (χ1n) is 13.8. The Balaban J connectivity index is 1.42. The molecule has 43 heavy (non-hydrogen) atoms. The first-order chi connectivity index (χ1) is 21.0. The summed E-state index contributed by atoms with van der Waals surface area (Å²) in [6.07, 6.45) is 1.83.